The third-order valence-corrected chi connectivity index (χ3v) is 8.33. The average molecular weight is 445 g/mol. The molecule has 0 saturated carbocycles. The van der Waals surface area contributed by atoms with E-state index in [2.05, 4.69) is 95.6 Å². The zero-order chi connectivity index (χ0) is 21.9. The van der Waals surface area contributed by atoms with E-state index in [1.807, 2.05) is 11.3 Å². The minimum atomic E-state index is 0.179. The molecule has 2 aliphatic carbocycles. The van der Waals surface area contributed by atoms with Crippen molar-refractivity contribution < 1.29 is 0 Å². The molecule has 160 valence electrons. The Kier molecular flexibility index (Phi) is 4.15. The van der Waals surface area contributed by atoms with Crippen LogP contribution in [-0.4, -0.2) is 4.57 Å². The number of para-hydroxylation sites is 1. The lowest BCUT2D eigenvalue weighted by molar-refractivity contribution is 0.634. The van der Waals surface area contributed by atoms with Crippen LogP contribution in [0.25, 0.3) is 42.7 Å². The number of hydrogen-bond donors (Lipinski definition) is 1. The predicted octanol–water partition coefficient (Wildman–Crippen LogP) is 7.84. The van der Waals surface area contributed by atoms with Crippen LogP contribution in [0.4, 0.5) is 0 Å². The summed E-state index contributed by atoms with van der Waals surface area (Å²) in [5.74, 6) is 0. The van der Waals surface area contributed by atoms with Crippen LogP contribution in [0.15, 0.2) is 90.7 Å². The molecule has 2 heterocycles. The van der Waals surface area contributed by atoms with Gasteiger partial charge in [0.2, 0.25) is 0 Å². The van der Waals surface area contributed by atoms with Gasteiger partial charge in [0.1, 0.15) is 0 Å². The van der Waals surface area contributed by atoms with Crippen molar-refractivity contribution in [1.29, 1.82) is 0 Å². The summed E-state index contributed by atoms with van der Waals surface area (Å²) in [5.41, 5.74) is 14.2. The maximum atomic E-state index is 6.71. The smallest absolute Gasteiger partial charge is 0.0652 e. The monoisotopic (exact) mass is 444 g/mol. The van der Waals surface area contributed by atoms with Gasteiger partial charge in [-0.2, -0.15) is 0 Å². The number of aromatic nitrogens is 1. The highest BCUT2D eigenvalue weighted by molar-refractivity contribution is 7.25. The third-order valence-electron chi connectivity index (χ3n) is 7.20. The third kappa shape index (κ3) is 2.79. The van der Waals surface area contributed by atoms with E-state index >= 15 is 0 Å². The molecule has 0 amide bonds. The first-order valence-corrected chi connectivity index (χ1v) is 12.5. The highest BCUT2D eigenvalue weighted by Crippen LogP contribution is 2.44. The van der Waals surface area contributed by atoms with Crippen molar-refractivity contribution in [2.75, 3.05) is 0 Å². The van der Waals surface area contributed by atoms with Crippen LogP contribution in [0.5, 0.6) is 0 Å². The quantitative estimate of drug-likeness (QED) is 0.295. The first-order valence-electron chi connectivity index (χ1n) is 11.7. The van der Waals surface area contributed by atoms with Gasteiger partial charge in [-0.05, 0) is 60.7 Å². The fourth-order valence-corrected chi connectivity index (χ4v) is 6.91. The van der Waals surface area contributed by atoms with Gasteiger partial charge in [0.05, 0.1) is 6.04 Å². The lowest BCUT2D eigenvalue weighted by Gasteiger charge is -2.28. The molecule has 0 spiro atoms. The largest absolute Gasteiger partial charge is 0.398 e. The summed E-state index contributed by atoms with van der Waals surface area (Å²) in [4.78, 5) is 0. The molecule has 0 aliphatic heterocycles. The molecular weight excluding hydrogens is 420 g/mol. The number of nitrogens with zero attached hydrogens (tertiary/aromatic N) is 1. The van der Waals surface area contributed by atoms with E-state index < -0.39 is 0 Å². The summed E-state index contributed by atoms with van der Waals surface area (Å²) >= 11 is 1.87. The van der Waals surface area contributed by atoms with E-state index in [1.165, 1.54) is 53.5 Å². The minimum absolute atomic E-state index is 0.179. The second-order valence-electron chi connectivity index (χ2n) is 9.02. The minimum Gasteiger partial charge on any atom is -0.398 e. The highest BCUT2D eigenvalue weighted by atomic mass is 32.1. The molecule has 3 aromatic carbocycles. The molecule has 0 bridgehead atoms. The molecule has 3 heteroatoms. The molecule has 2 N–H and O–H groups in total. The molecule has 0 radical (unpaired) electrons. The standard InChI is InChI=1S/C30H24N2S/c31-24-11-7-14-27(32-25-12-4-1-8-20(25)21-9-2-5-13-26(21)32)30(24)19-16-17-23-22-10-3-6-15-28(22)33-29(23)18-19/h1,3-8,10-13,15-18,27H,2,9,14,31H2. The molecule has 1 atom stereocenters. The predicted molar refractivity (Wildman–Crippen MR) is 143 cm³/mol. The summed E-state index contributed by atoms with van der Waals surface area (Å²) in [6.07, 6.45) is 12.1. The lowest BCUT2D eigenvalue weighted by atomic mass is 9.89. The van der Waals surface area contributed by atoms with Crippen LogP contribution in [0.2, 0.25) is 0 Å². The van der Waals surface area contributed by atoms with Gasteiger partial charge in [-0.15, -0.1) is 11.3 Å². The number of fused-ring (bicyclic) bond motifs is 6. The summed E-state index contributed by atoms with van der Waals surface area (Å²) in [5, 5.41) is 4.04. The fourth-order valence-electron chi connectivity index (χ4n) is 5.77. The number of thiophene rings is 1. The first kappa shape index (κ1) is 19.0. The number of benzene rings is 3. The second-order valence-corrected chi connectivity index (χ2v) is 10.1. The van der Waals surface area contributed by atoms with E-state index in [0.29, 0.717) is 0 Å². The van der Waals surface area contributed by atoms with Gasteiger partial charge in [-0.3, -0.25) is 0 Å². The van der Waals surface area contributed by atoms with E-state index in [4.69, 9.17) is 5.73 Å². The van der Waals surface area contributed by atoms with Crippen molar-refractivity contribution in [3.05, 3.63) is 107 Å². The van der Waals surface area contributed by atoms with Gasteiger partial charge < -0.3 is 10.3 Å². The van der Waals surface area contributed by atoms with E-state index in [0.717, 1.165) is 25.0 Å². The average Bonchev–Trinajstić information content (AvgIpc) is 3.39. The van der Waals surface area contributed by atoms with Gasteiger partial charge in [0.25, 0.3) is 0 Å². The van der Waals surface area contributed by atoms with Crippen LogP contribution >= 0.6 is 11.3 Å². The first-order chi connectivity index (χ1) is 16.3. The van der Waals surface area contributed by atoms with Crippen LogP contribution in [0.1, 0.15) is 35.7 Å². The van der Waals surface area contributed by atoms with Crippen molar-refractivity contribution in [2.24, 2.45) is 5.73 Å². The Hall–Kier alpha value is -3.56. The molecule has 7 rings (SSSR count). The Balaban J connectivity index is 1.46. The van der Waals surface area contributed by atoms with Crippen molar-refractivity contribution in [3.63, 3.8) is 0 Å². The van der Waals surface area contributed by atoms with Gasteiger partial charge in [0.15, 0.2) is 0 Å². The zero-order valence-corrected chi connectivity index (χ0v) is 19.1. The molecule has 2 aliphatic rings. The van der Waals surface area contributed by atoms with Crippen molar-refractivity contribution in [2.45, 2.75) is 25.3 Å². The number of allylic oxidation sites excluding steroid dienone is 4. The van der Waals surface area contributed by atoms with Gasteiger partial charge >= 0.3 is 0 Å². The molecule has 33 heavy (non-hydrogen) atoms. The van der Waals surface area contributed by atoms with Crippen molar-refractivity contribution >= 4 is 54.1 Å². The summed E-state index contributed by atoms with van der Waals surface area (Å²) in [6.45, 7) is 0. The summed E-state index contributed by atoms with van der Waals surface area (Å²) < 4.78 is 5.20. The molecule has 2 nitrogen and oxygen atoms in total. The van der Waals surface area contributed by atoms with Gasteiger partial charge in [0, 0.05) is 48.0 Å². The van der Waals surface area contributed by atoms with Crippen LogP contribution < -0.4 is 5.73 Å². The van der Waals surface area contributed by atoms with Crippen LogP contribution in [0.3, 0.4) is 0 Å². The van der Waals surface area contributed by atoms with Crippen molar-refractivity contribution in [3.8, 4) is 0 Å². The molecule has 5 aromatic rings. The van der Waals surface area contributed by atoms with Crippen LogP contribution in [0, 0.1) is 0 Å². The Morgan fingerprint density at radius 2 is 1.64 bits per heavy atom. The Bertz CT molecular complexity index is 1660. The number of nitrogens with two attached hydrogens (primary N) is 1. The lowest BCUT2D eigenvalue weighted by Crippen LogP contribution is -2.18. The topological polar surface area (TPSA) is 30.9 Å². The Morgan fingerprint density at radius 1 is 0.818 bits per heavy atom. The number of hydrogen-bond acceptors (Lipinski definition) is 2. The maximum Gasteiger partial charge on any atom is 0.0652 e. The maximum absolute atomic E-state index is 6.71. The molecule has 2 aromatic heterocycles. The fraction of sp³-hybridized carbons (Fsp3) is 0.133. The molecule has 0 saturated heterocycles. The Morgan fingerprint density at radius 3 is 2.58 bits per heavy atom. The number of rotatable bonds is 2. The molecular formula is C30H24N2S. The van der Waals surface area contributed by atoms with Crippen LogP contribution in [-0.2, 0) is 6.42 Å². The van der Waals surface area contributed by atoms with Crippen molar-refractivity contribution in [1.82, 2.24) is 4.57 Å². The molecule has 1 unspecified atom stereocenters. The SMILES string of the molecule is NC1=C(c2ccc3c(c2)sc2ccccc23)C(n2c3c(c4ccccc42)CCC=C3)CC=C1. The van der Waals surface area contributed by atoms with Gasteiger partial charge in [-0.1, -0.05) is 60.7 Å². The summed E-state index contributed by atoms with van der Waals surface area (Å²) in [7, 11) is 0. The van der Waals surface area contributed by atoms with E-state index in [1.54, 1.807) is 0 Å². The highest BCUT2D eigenvalue weighted by Gasteiger charge is 2.28. The van der Waals surface area contributed by atoms with E-state index in [-0.39, 0.29) is 6.04 Å². The second kappa shape index (κ2) is 7.23. The number of aryl methyl sites for hydroxylation is 1. The summed E-state index contributed by atoms with van der Waals surface area (Å²) in [6, 6.07) is 24.6. The van der Waals surface area contributed by atoms with E-state index in [9.17, 15) is 0 Å². The zero-order valence-electron chi connectivity index (χ0n) is 18.3. The normalized spacial score (nSPS) is 18.0. The molecule has 0 fully saturated rings. The van der Waals surface area contributed by atoms with Gasteiger partial charge in [-0.25, -0.2) is 0 Å². The Labute approximate surface area is 197 Å².